The van der Waals surface area contributed by atoms with Crippen LogP contribution in [0.2, 0.25) is 0 Å². The molecule has 0 saturated heterocycles. The summed E-state index contributed by atoms with van der Waals surface area (Å²) in [7, 11) is 0. The van der Waals surface area contributed by atoms with Crippen LogP contribution >= 0.6 is 0 Å². The van der Waals surface area contributed by atoms with Crippen LogP contribution in [0.4, 0.5) is 0 Å². The number of hydrogen-bond donors (Lipinski definition) is 0. The molecule has 2 rings (SSSR count). The molecule has 2 aliphatic rings. The average molecular weight is 164 g/mol. The van der Waals surface area contributed by atoms with Crippen molar-refractivity contribution in [2.75, 3.05) is 0 Å². The Kier molecular flexibility index (Phi) is 2.02. The van der Waals surface area contributed by atoms with Gasteiger partial charge in [-0.25, -0.2) is 0 Å². The summed E-state index contributed by atoms with van der Waals surface area (Å²) in [5.74, 6) is 0.972. The lowest BCUT2D eigenvalue weighted by Crippen LogP contribution is -2.27. The van der Waals surface area contributed by atoms with Crippen molar-refractivity contribution in [1.82, 2.24) is 0 Å². The minimum Gasteiger partial charge on any atom is -0.0845 e. The van der Waals surface area contributed by atoms with E-state index in [4.69, 9.17) is 0 Å². The molecule has 0 heteroatoms. The summed E-state index contributed by atoms with van der Waals surface area (Å²) in [6, 6.07) is 0. The number of rotatable bonds is 1. The third kappa shape index (κ3) is 1.32. The van der Waals surface area contributed by atoms with E-state index < -0.39 is 0 Å². The first-order valence-electron chi connectivity index (χ1n) is 5.41. The predicted octanol–water partition coefficient (Wildman–Crippen LogP) is 3.92. The van der Waals surface area contributed by atoms with Crippen LogP contribution in [0.15, 0.2) is 11.6 Å². The Morgan fingerprint density at radius 3 is 2.50 bits per heavy atom. The monoisotopic (exact) mass is 164 g/mol. The Balaban J connectivity index is 2.14. The smallest absolute Gasteiger partial charge is 0.0142 e. The molecule has 0 atom stereocenters. The molecular formula is C12H20. The number of hydrogen-bond acceptors (Lipinski definition) is 0. The molecule has 0 spiro atoms. The van der Waals surface area contributed by atoms with Gasteiger partial charge in [0.25, 0.3) is 0 Å². The average Bonchev–Trinajstić information content (AvgIpc) is 1.89. The molecule has 0 bridgehead atoms. The highest BCUT2D eigenvalue weighted by atomic mass is 14.4. The van der Waals surface area contributed by atoms with Gasteiger partial charge in [-0.2, -0.15) is 0 Å². The van der Waals surface area contributed by atoms with Crippen molar-refractivity contribution >= 4 is 0 Å². The maximum Gasteiger partial charge on any atom is -0.0142 e. The van der Waals surface area contributed by atoms with Crippen LogP contribution in [0.3, 0.4) is 0 Å². The summed E-state index contributed by atoms with van der Waals surface area (Å²) in [5, 5.41) is 0. The molecular weight excluding hydrogens is 144 g/mol. The minimum atomic E-state index is 0.531. The molecule has 2 aliphatic carbocycles. The van der Waals surface area contributed by atoms with Crippen molar-refractivity contribution in [2.24, 2.45) is 11.3 Å². The second-order valence-corrected chi connectivity index (χ2v) is 5.06. The van der Waals surface area contributed by atoms with Gasteiger partial charge >= 0.3 is 0 Å². The van der Waals surface area contributed by atoms with E-state index in [-0.39, 0.29) is 0 Å². The molecule has 12 heavy (non-hydrogen) atoms. The molecule has 0 aromatic carbocycles. The summed E-state index contributed by atoms with van der Waals surface area (Å²) in [5.41, 5.74) is 2.32. The zero-order chi connectivity index (χ0) is 8.60. The second kappa shape index (κ2) is 2.90. The Bertz CT molecular complexity index is 194. The van der Waals surface area contributed by atoms with E-state index in [2.05, 4.69) is 19.9 Å². The van der Waals surface area contributed by atoms with Crippen LogP contribution < -0.4 is 0 Å². The Labute approximate surface area is 76.1 Å². The Hall–Kier alpha value is -0.260. The first-order valence-corrected chi connectivity index (χ1v) is 5.41. The van der Waals surface area contributed by atoms with Crippen molar-refractivity contribution in [1.29, 1.82) is 0 Å². The van der Waals surface area contributed by atoms with E-state index >= 15 is 0 Å². The topological polar surface area (TPSA) is 0 Å². The molecule has 0 radical (unpaired) electrons. The Morgan fingerprint density at radius 2 is 2.00 bits per heavy atom. The molecule has 0 N–H and O–H groups in total. The molecule has 68 valence electrons. The van der Waals surface area contributed by atoms with Crippen LogP contribution in [0.1, 0.15) is 52.4 Å². The molecule has 0 amide bonds. The van der Waals surface area contributed by atoms with Crippen LogP contribution in [-0.4, -0.2) is 0 Å². The van der Waals surface area contributed by atoms with Crippen LogP contribution in [0, 0.1) is 11.3 Å². The van der Waals surface area contributed by atoms with Crippen molar-refractivity contribution in [2.45, 2.75) is 52.4 Å². The Morgan fingerprint density at radius 1 is 1.25 bits per heavy atom. The van der Waals surface area contributed by atoms with Gasteiger partial charge in [0.05, 0.1) is 0 Å². The highest BCUT2D eigenvalue weighted by Gasteiger charge is 2.33. The summed E-state index contributed by atoms with van der Waals surface area (Å²) in [4.78, 5) is 0. The standard InChI is InChI=1S/C12H20/c1-12(2)9-4-3-8-11(12)10-6-5-7-10/h8,10H,3-7,9H2,1-2H3. The van der Waals surface area contributed by atoms with Gasteiger partial charge < -0.3 is 0 Å². The van der Waals surface area contributed by atoms with Crippen molar-refractivity contribution in [3.05, 3.63) is 11.6 Å². The van der Waals surface area contributed by atoms with Crippen molar-refractivity contribution in [3.63, 3.8) is 0 Å². The van der Waals surface area contributed by atoms with E-state index in [1.54, 1.807) is 5.57 Å². The van der Waals surface area contributed by atoms with Gasteiger partial charge in [-0.15, -0.1) is 0 Å². The fourth-order valence-corrected chi connectivity index (χ4v) is 2.66. The van der Waals surface area contributed by atoms with Gasteiger partial charge in [0.15, 0.2) is 0 Å². The van der Waals surface area contributed by atoms with E-state index in [0.29, 0.717) is 5.41 Å². The summed E-state index contributed by atoms with van der Waals surface area (Å²) in [6.07, 6.45) is 11.1. The van der Waals surface area contributed by atoms with Gasteiger partial charge in [-0.05, 0) is 43.4 Å². The van der Waals surface area contributed by atoms with Crippen LogP contribution in [0.5, 0.6) is 0 Å². The molecule has 0 heterocycles. The molecule has 1 saturated carbocycles. The molecule has 0 aromatic rings. The lowest BCUT2D eigenvalue weighted by molar-refractivity contribution is 0.265. The lowest BCUT2D eigenvalue weighted by Gasteiger charge is -2.40. The SMILES string of the molecule is CC1(C)CCCC=C1C1CCC1. The zero-order valence-electron chi connectivity index (χ0n) is 8.40. The molecule has 0 aliphatic heterocycles. The third-order valence-corrected chi connectivity index (χ3v) is 3.70. The second-order valence-electron chi connectivity index (χ2n) is 5.06. The predicted molar refractivity (Wildman–Crippen MR) is 53.1 cm³/mol. The van der Waals surface area contributed by atoms with Crippen molar-refractivity contribution < 1.29 is 0 Å². The fourth-order valence-electron chi connectivity index (χ4n) is 2.66. The van der Waals surface area contributed by atoms with Gasteiger partial charge in [-0.1, -0.05) is 31.9 Å². The molecule has 1 fully saturated rings. The maximum absolute atomic E-state index is 2.54. The van der Waals surface area contributed by atoms with Crippen LogP contribution in [-0.2, 0) is 0 Å². The van der Waals surface area contributed by atoms with E-state index in [0.717, 1.165) is 5.92 Å². The van der Waals surface area contributed by atoms with E-state index in [1.165, 1.54) is 38.5 Å². The highest BCUT2D eigenvalue weighted by Crippen LogP contribution is 2.46. The van der Waals surface area contributed by atoms with E-state index in [9.17, 15) is 0 Å². The van der Waals surface area contributed by atoms with Gasteiger partial charge in [0.1, 0.15) is 0 Å². The fraction of sp³-hybridized carbons (Fsp3) is 0.833. The minimum absolute atomic E-state index is 0.531. The quantitative estimate of drug-likeness (QED) is 0.515. The molecule has 0 nitrogen and oxygen atoms in total. The number of allylic oxidation sites excluding steroid dienone is 2. The normalized spacial score (nSPS) is 29.3. The van der Waals surface area contributed by atoms with Gasteiger partial charge in [0.2, 0.25) is 0 Å². The molecule has 0 unspecified atom stereocenters. The van der Waals surface area contributed by atoms with Gasteiger partial charge in [-0.3, -0.25) is 0 Å². The van der Waals surface area contributed by atoms with Gasteiger partial charge in [0, 0.05) is 0 Å². The maximum atomic E-state index is 2.54. The van der Waals surface area contributed by atoms with E-state index in [1.807, 2.05) is 0 Å². The highest BCUT2D eigenvalue weighted by molar-refractivity contribution is 5.20. The third-order valence-electron chi connectivity index (χ3n) is 3.70. The first-order chi connectivity index (χ1) is 5.70. The molecule has 0 aromatic heterocycles. The zero-order valence-corrected chi connectivity index (χ0v) is 8.40. The lowest BCUT2D eigenvalue weighted by atomic mass is 9.65. The largest absolute Gasteiger partial charge is 0.0845 e. The van der Waals surface area contributed by atoms with Crippen molar-refractivity contribution in [3.8, 4) is 0 Å². The summed E-state index contributed by atoms with van der Waals surface area (Å²) >= 11 is 0. The first kappa shape index (κ1) is 8.34. The summed E-state index contributed by atoms with van der Waals surface area (Å²) in [6.45, 7) is 4.85. The van der Waals surface area contributed by atoms with Crippen LogP contribution in [0.25, 0.3) is 0 Å². The summed E-state index contributed by atoms with van der Waals surface area (Å²) < 4.78 is 0.